The van der Waals surface area contributed by atoms with E-state index in [-0.39, 0.29) is 17.7 Å². The lowest BCUT2D eigenvalue weighted by molar-refractivity contribution is -0.150. The SMILES string of the molecule is CC(C)(Oc1ccc(Cl)cc1)C(=O)N1CCN(C(=O)[C@H]2C[C@H]2c2cccs2)CC1. The van der Waals surface area contributed by atoms with Gasteiger partial charge in [0.1, 0.15) is 5.75 Å². The first-order valence-electron chi connectivity index (χ1n) is 9.91. The Balaban J connectivity index is 1.30. The van der Waals surface area contributed by atoms with Gasteiger partial charge in [0.15, 0.2) is 5.60 Å². The van der Waals surface area contributed by atoms with Crippen LogP contribution in [0.1, 0.15) is 31.1 Å². The average Bonchev–Trinajstić information content (AvgIpc) is 3.33. The van der Waals surface area contributed by atoms with E-state index in [2.05, 4.69) is 11.4 Å². The highest BCUT2D eigenvalue weighted by Gasteiger charge is 2.47. The normalized spacial score (nSPS) is 21.8. The van der Waals surface area contributed by atoms with Crippen molar-refractivity contribution in [3.8, 4) is 5.75 Å². The maximum Gasteiger partial charge on any atom is 0.266 e. The van der Waals surface area contributed by atoms with Gasteiger partial charge in [-0.25, -0.2) is 0 Å². The van der Waals surface area contributed by atoms with Crippen LogP contribution in [0.5, 0.6) is 5.75 Å². The van der Waals surface area contributed by atoms with Crippen molar-refractivity contribution in [2.45, 2.75) is 31.8 Å². The molecule has 0 unspecified atom stereocenters. The third-order valence-electron chi connectivity index (χ3n) is 5.60. The first kappa shape index (κ1) is 20.2. The van der Waals surface area contributed by atoms with E-state index in [4.69, 9.17) is 16.3 Å². The zero-order chi connectivity index (χ0) is 20.6. The van der Waals surface area contributed by atoms with E-state index in [1.54, 1.807) is 54.3 Å². The third kappa shape index (κ3) is 4.43. The summed E-state index contributed by atoms with van der Waals surface area (Å²) in [4.78, 5) is 30.8. The molecule has 0 spiro atoms. The summed E-state index contributed by atoms with van der Waals surface area (Å²) in [6.07, 6.45) is 0.945. The molecule has 1 aromatic carbocycles. The summed E-state index contributed by atoms with van der Waals surface area (Å²) in [6.45, 7) is 5.78. The highest BCUT2D eigenvalue weighted by molar-refractivity contribution is 7.10. The molecule has 154 valence electrons. The molecule has 2 aromatic rings. The first-order chi connectivity index (χ1) is 13.8. The minimum atomic E-state index is -0.985. The van der Waals surface area contributed by atoms with E-state index in [0.29, 0.717) is 42.9 Å². The maximum absolute atomic E-state index is 13.0. The number of piperazine rings is 1. The molecule has 2 aliphatic rings. The van der Waals surface area contributed by atoms with Gasteiger partial charge in [0.2, 0.25) is 5.91 Å². The Morgan fingerprint density at radius 1 is 1.07 bits per heavy atom. The molecule has 0 N–H and O–H groups in total. The topological polar surface area (TPSA) is 49.9 Å². The molecule has 29 heavy (non-hydrogen) atoms. The number of ether oxygens (including phenoxy) is 1. The number of hydrogen-bond donors (Lipinski definition) is 0. The van der Waals surface area contributed by atoms with E-state index in [1.807, 2.05) is 11.0 Å². The molecule has 1 aliphatic carbocycles. The van der Waals surface area contributed by atoms with Crippen LogP contribution in [0.2, 0.25) is 5.02 Å². The summed E-state index contributed by atoms with van der Waals surface area (Å²) >= 11 is 7.63. The number of halogens is 1. The monoisotopic (exact) mass is 432 g/mol. The molecule has 0 radical (unpaired) electrons. The minimum Gasteiger partial charge on any atom is -0.478 e. The van der Waals surface area contributed by atoms with Crippen LogP contribution >= 0.6 is 22.9 Å². The second-order valence-corrected chi connectivity index (χ2v) is 9.56. The molecule has 2 heterocycles. The molecule has 4 rings (SSSR count). The van der Waals surface area contributed by atoms with Crippen LogP contribution in [0.25, 0.3) is 0 Å². The molecular weight excluding hydrogens is 408 g/mol. The van der Waals surface area contributed by atoms with Gasteiger partial charge in [-0.3, -0.25) is 9.59 Å². The Hall–Kier alpha value is -2.05. The predicted octanol–water partition coefficient (Wildman–Crippen LogP) is 4.03. The summed E-state index contributed by atoms with van der Waals surface area (Å²) < 4.78 is 5.92. The van der Waals surface area contributed by atoms with Crippen LogP contribution in [0.4, 0.5) is 0 Å². The number of benzene rings is 1. The molecule has 1 saturated carbocycles. The number of hydrogen-bond acceptors (Lipinski definition) is 4. The van der Waals surface area contributed by atoms with E-state index in [0.717, 1.165) is 6.42 Å². The molecule has 7 heteroatoms. The minimum absolute atomic E-state index is 0.0672. The fraction of sp³-hybridized carbons (Fsp3) is 0.455. The third-order valence-corrected chi connectivity index (χ3v) is 6.85. The number of rotatable bonds is 5. The summed E-state index contributed by atoms with van der Waals surface area (Å²) in [5, 5.41) is 2.69. The molecule has 2 atom stereocenters. The number of nitrogens with zero attached hydrogens (tertiary/aromatic N) is 2. The molecule has 2 fully saturated rings. The fourth-order valence-corrected chi connectivity index (χ4v) is 4.90. The van der Waals surface area contributed by atoms with Gasteiger partial charge in [-0.2, -0.15) is 0 Å². The van der Waals surface area contributed by atoms with Crippen molar-refractivity contribution in [3.63, 3.8) is 0 Å². The van der Waals surface area contributed by atoms with Gasteiger partial charge in [0, 0.05) is 47.9 Å². The highest BCUT2D eigenvalue weighted by atomic mass is 35.5. The average molecular weight is 433 g/mol. The van der Waals surface area contributed by atoms with Gasteiger partial charge in [-0.1, -0.05) is 17.7 Å². The van der Waals surface area contributed by atoms with Gasteiger partial charge in [-0.15, -0.1) is 11.3 Å². The predicted molar refractivity (Wildman–Crippen MR) is 114 cm³/mol. The zero-order valence-electron chi connectivity index (χ0n) is 16.6. The van der Waals surface area contributed by atoms with Crippen LogP contribution < -0.4 is 4.74 Å². The second-order valence-electron chi connectivity index (χ2n) is 8.15. The Labute approximate surface area is 180 Å². The van der Waals surface area contributed by atoms with Crippen molar-refractivity contribution in [2.75, 3.05) is 26.2 Å². The maximum atomic E-state index is 13.0. The first-order valence-corrected chi connectivity index (χ1v) is 11.2. The van der Waals surface area contributed by atoms with Gasteiger partial charge in [0.25, 0.3) is 5.91 Å². The van der Waals surface area contributed by atoms with Crippen LogP contribution in [-0.4, -0.2) is 53.4 Å². The van der Waals surface area contributed by atoms with Crippen LogP contribution in [0.3, 0.4) is 0 Å². The van der Waals surface area contributed by atoms with Gasteiger partial charge in [-0.05, 0) is 56.0 Å². The molecule has 5 nitrogen and oxygen atoms in total. The number of carbonyl (C=O) groups excluding carboxylic acids is 2. The summed E-state index contributed by atoms with van der Waals surface area (Å²) in [6, 6.07) is 11.1. The Bertz CT molecular complexity index is 874. The van der Waals surface area contributed by atoms with Crippen LogP contribution in [-0.2, 0) is 9.59 Å². The highest BCUT2D eigenvalue weighted by Crippen LogP contribution is 2.50. The number of thiophene rings is 1. The second kappa shape index (κ2) is 8.00. The van der Waals surface area contributed by atoms with Crippen molar-refractivity contribution in [3.05, 3.63) is 51.7 Å². The Morgan fingerprint density at radius 3 is 2.34 bits per heavy atom. The largest absolute Gasteiger partial charge is 0.478 e. The quantitative estimate of drug-likeness (QED) is 0.716. The summed E-state index contributed by atoms with van der Waals surface area (Å²) in [5.74, 6) is 1.26. The molecule has 1 aromatic heterocycles. The zero-order valence-corrected chi connectivity index (χ0v) is 18.2. The van der Waals surface area contributed by atoms with E-state index < -0.39 is 5.60 Å². The number of carbonyl (C=O) groups is 2. The van der Waals surface area contributed by atoms with E-state index in [9.17, 15) is 9.59 Å². The summed E-state index contributed by atoms with van der Waals surface area (Å²) in [7, 11) is 0. The van der Waals surface area contributed by atoms with Crippen molar-refractivity contribution in [1.82, 2.24) is 9.80 Å². The molecule has 1 aliphatic heterocycles. The molecule has 1 saturated heterocycles. The Kier molecular flexibility index (Phi) is 5.58. The molecular formula is C22H25ClN2O3S. The van der Waals surface area contributed by atoms with Gasteiger partial charge >= 0.3 is 0 Å². The van der Waals surface area contributed by atoms with Crippen molar-refractivity contribution in [1.29, 1.82) is 0 Å². The number of amides is 2. The lowest BCUT2D eigenvalue weighted by atomic mass is 10.1. The lowest BCUT2D eigenvalue weighted by Gasteiger charge is -2.38. The van der Waals surface area contributed by atoms with Gasteiger partial charge < -0.3 is 14.5 Å². The smallest absolute Gasteiger partial charge is 0.266 e. The van der Waals surface area contributed by atoms with Crippen LogP contribution in [0, 0.1) is 5.92 Å². The van der Waals surface area contributed by atoms with Gasteiger partial charge in [0.05, 0.1) is 0 Å². The van der Waals surface area contributed by atoms with E-state index in [1.165, 1.54) is 4.88 Å². The van der Waals surface area contributed by atoms with Crippen molar-refractivity contribution < 1.29 is 14.3 Å². The van der Waals surface area contributed by atoms with E-state index >= 15 is 0 Å². The van der Waals surface area contributed by atoms with Crippen molar-refractivity contribution in [2.24, 2.45) is 5.92 Å². The molecule has 2 amide bonds. The summed E-state index contributed by atoms with van der Waals surface area (Å²) in [5.41, 5.74) is -0.985. The fourth-order valence-electron chi connectivity index (χ4n) is 3.87. The molecule has 0 bridgehead atoms. The Morgan fingerprint density at radius 2 is 1.72 bits per heavy atom. The lowest BCUT2D eigenvalue weighted by Crippen LogP contribution is -2.56. The standard InChI is InChI=1S/C22H25ClN2O3S/c1-22(2,28-16-7-5-15(23)6-8-16)21(27)25-11-9-24(10-12-25)20(26)18-14-17(18)19-4-3-13-29-19/h3-8,13,17-18H,9-12,14H2,1-2H3/t17-,18+/m1/s1. The van der Waals surface area contributed by atoms with Crippen LogP contribution in [0.15, 0.2) is 41.8 Å². The van der Waals surface area contributed by atoms with Crippen molar-refractivity contribution >= 4 is 34.8 Å².